The van der Waals surface area contributed by atoms with Crippen molar-refractivity contribution in [3.63, 3.8) is 0 Å². The van der Waals surface area contributed by atoms with Crippen LogP contribution in [0.5, 0.6) is 0 Å². The molecule has 0 aliphatic heterocycles. The van der Waals surface area contributed by atoms with E-state index < -0.39 is 0 Å². The van der Waals surface area contributed by atoms with Crippen molar-refractivity contribution in [3.8, 4) is 0 Å². The van der Waals surface area contributed by atoms with E-state index in [4.69, 9.17) is 0 Å². The maximum atomic E-state index is 4.59. The quantitative estimate of drug-likeness (QED) is 0.901. The van der Waals surface area contributed by atoms with Crippen LogP contribution in [-0.2, 0) is 6.54 Å². The van der Waals surface area contributed by atoms with Crippen molar-refractivity contribution in [1.29, 1.82) is 0 Å². The summed E-state index contributed by atoms with van der Waals surface area (Å²) >= 11 is 3.52. The Kier molecular flexibility index (Phi) is 4.03. The van der Waals surface area contributed by atoms with Gasteiger partial charge in [0.25, 0.3) is 0 Å². The fraction of sp³-hybridized carbons (Fsp3) is 0.312. The van der Waals surface area contributed by atoms with Crippen molar-refractivity contribution >= 4 is 27.4 Å². The Balaban J connectivity index is 1.86. The topological polar surface area (TPSA) is 28.2 Å². The lowest BCUT2D eigenvalue weighted by molar-refractivity contribution is 0.685. The molecule has 0 radical (unpaired) electrons. The first-order valence-corrected chi connectivity index (χ1v) is 7.70. The van der Waals surface area contributed by atoms with Crippen LogP contribution in [0.25, 0.3) is 0 Å². The highest BCUT2D eigenvalue weighted by atomic mass is 79.9. The highest BCUT2D eigenvalue weighted by molar-refractivity contribution is 9.10. The molecule has 0 unspecified atom stereocenters. The molecule has 1 N–H and O–H groups in total. The molecule has 1 fully saturated rings. The van der Waals surface area contributed by atoms with E-state index in [0.29, 0.717) is 6.04 Å². The molecular weight excluding hydrogens is 314 g/mol. The molecule has 0 amide bonds. The molecule has 0 bridgehead atoms. The molecule has 1 saturated carbocycles. The first kappa shape index (κ1) is 13.6. The fourth-order valence-electron chi connectivity index (χ4n) is 2.22. The highest BCUT2D eigenvalue weighted by Crippen LogP contribution is 2.28. The normalized spacial score (nSPS) is 14.3. The maximum absolute atomic E-state index is 4.59. The van der Waals surface area contributed by atoms with Crippen LogP contribution >= 0.6 is 15.9 Å². The van der Waals surface area contributed by atoms with Crippen LogP contribution in [-0.4, -0.2) is 18.1 Å². The molecule has 1 aromatic heterocycles. The Morgan fingerprint density at radius 2 is 2.05 bits per heavy atom. The Hall–Kier alpha value is -1.39. The molecule has 2 aromatic rings. The minimum absolute atomic E-state index is 0.698. The first-order chi connectivity index (χ1) is 9.74. The van der Waals surface area contributed by atoms with Crippen LogP contribution in [0.2, 0.25) is 0 Å². The van der Waals surface area contributed by atoms with Gasteiger partial charge in [0.1, 0.15) is 5.82 Å². The second-order valence-electron chi connectivity index (χ2n) is 5.19. The molecule has 20 heavy (non-hydrogen) atoms. The highest BCUT2D eigenvalue weighted by Gasteiger charge is 2.21. The van der Waals surface area contributed by atoms with Gasteiger partial charge < -0.3 is 10.2 Å². The van der Waals surface area contributed by atoms with Gasteiger partial charge in [-0.15, -0.1) is 0 Å². The second-order valence-corrected chi connectivity index (χ2v) is 6.10. The molecular formula is C16H18BrN3. The predicted octanol–water partition coefficient (Wildman–Crippen LogP) is 3.86. The predicted molar refractivity (Wildman–Crippen MR) is 86.3 cm³/mol. The summed E-state index contributed by atoms with van der Waals surface area (Å²) in [6.07, 6.45) is 4.45. The van der Waals surface area contributed by atoms with Gasteiger partial charge in [-0.25, -0.2) is 4.98 Å². The fourth-order valence-corrected chi connectivity index (χ4v) is 2.60. The standard InChI is InChI=1S/C16H18BrN3/c1-20(15-5-3-2-4-6-15)16-12(9-13(17)11-19-16)10-18-14-7-8-14/h2-6,9,11,14,18H,7-8,10H2,1H3. The number of halogens is 1. The zero-order valence-electron chi connectivity index (χ0n) is 11.5. The van der Waals surface area contributed by atoms with E-state index >= 15 is 0 Å². The summed E-state index contributed by atoms with van der Waals surface area (Å²) in [5.41, 5.74) is 2.37. The van der Waals surface area contributed by atoms with E-state index in [2.05, 4.69) is 56.4 Å². The largest absolute Gasteiger partial charge is 0.329 e. The summed E-state index contributed by atoms with van der Waals surface area (Å²) in [6, 6.07) is 13.2. The van der Waals surface area contributed by atoms with E-state index in [9.17, 15) is 0 Å². The molecule has 0 saturated heterocycles. The van der Waals surface area contributed by atoms with Crippen LogP contribution in [0, 0.1) is 0 Å². The molecule has 3 rings (SSSR count). The minimum Gasteiger partial charge on any atom is -0.329 e. The van der Waals surface area contributed by atoms with Crippen LogP contribution in [0.1, 0.15) is 18.4 Å². The Labute approximate surface area is 128 Å². The van der Waals surface area contributed by atoms with Gasteiger partial charge in [0.15, 0.2) is 0 Å². The van der Waals surface area contributed by atoms with Gasteiger partial charge in [0.2, 0.25) is 0 Å². The smallest absolute Gasteiger partial charge is 0.137 e. The second kappa shape index (κ2) is 5.94. The van der Waals surface area contributed by atoms with E-state index in [1.165, 1.54) is 18.4 Å². The number of nitrogens with zero attached hydrogens (tertiary/aromatic N) is 2. The van der Waals surface area contributed by atoms with Crippen molar-refractivity contribution in [3.05, 3.63) is 52.6 Å². The van der Waals surface area contributed by atoms with Crippen molar-refractivity contribution in [2.75, 3.05) is 11.9 Å². The van der Waals surface area contributed by atoms with Gasteiger partial charge in [-0.05, 0) is 47.0 Å². The van der Waals surface area contributed by atoms with E-state index in [0.717, 1.165) is 22.5 Å². The number of benzene rings is 1. The number of para-hydroxylation sites is 1. The number of rotatable bonds is 5. The first-order valence-electron chi connectivity index (χ1n) is 6.90. The molecule has 1 aliphatic carbocycles. The number of aromatic nitrogens is 1. The summed E-state index contributed by atoms with van der Waals surface area (Å²) in [6.45, 7) is 0.865. The summed E-state index contributed by atoms with van der Waals surface area (Å²) < 4.78 is 1.02. The number of pyridine rings is 1. The third-order valence-corrected chi connectivity index (χ3v) is 3.96. The lowest BCUT2D eigenvalue weighted by Crippen LogP contribution is -2.20. The van der Waals surface area contributed by atoms with Crippen LogP contribution < -0.4 is 10.2 Å². The summed E-state index contributed by atoms with van der Waals surface area (Å²) in [7, 11) is 2.06. The SMILES string of the molecule is CN(c1ccccc1)c1ncc(Br)cc1CNC1CC1. The van der Waals surface area contributed by atoms with E-state index in [1.54, 1.807) is 0 Å². The average molecular weight is 332 g/mol. The van der Waals surface area contributed by atoms with E-state index in [-0.39, 0.29) is 0 Å². The summed E-state index contributed by atoms with van der Waals surface area (Å²) in [5, 5.41) is 3.56. The van der Waals surface area contributed by atoms with Gasteiger partial charge in [-0.2, -0.15) is 0 Å². The summed E-state index contributed by atoms with van der Waals surface area (Å²) in [4.78, 5) is 6.73. The van der Waals surface area contributed by atoms with Gasteiger partial charge in [-0.1, -0.05) is 18.2 Å². The number of hydrogen-bond donors (Lipinski definition) is 1. The monoisotopic (exact) mass is 331 g/mol. The van der Waals surface area contributed by atoms with E-state index in [1.807, 2.05) is 24.4 Å². The van der Waals surface area contributed by atoms with Crippen molar-refractivity contribution in [2.45, 2.75) is 25.4 Å². The van der Waals surface area contributed by atoms with Crippen LogP contribution in [0.4, 0.5) is 11.5 Å². The third kappa shape index (κ3) is 3.19. The van der Waals surface area contributed by atoms with Gasteiger partial charge in [0, 0.05) is 41.6 Å². The minimum atomic E-state index is 0.698. The zero-order chi connectivity index (χ0) is 13.9. The van der Waals surface area contributed by atoms with Gasteiger partial charge >= 0.3 is 0 Å². The molecule has 0 atom stereocenters. The number of hydrogen-bond acceptors (Lipinski definition) is 3. The molecule has 104 valence electrons. The van der Waals surface area contributed by atoms with Crippen molar-refractivity contribution < 1.29 is 0 Å². The lowest BCUT2D eigenvalue weighted by Gasteiger charge is -2.21. The molecule has 3 nitrogen and oxygen atoms in total. The van der Waals surface area contributed by atoms with Gasteiger partial charge in [-0.3, -0.25) is 0 Å². The van der Waals surface area contributed by atoms with Crippen LogP contribution in [0.3, 0.4) is 0 Å². The molecule has 1 heterocycles. The molecule has 0 spiro atoms. The van der Waals surface area contributed by atoms with Gasteiger partial charge in [0.05, 0.1) is 0 Å². The average Bonchev–Trinajstić information content (AvgIpc) is 3.30. The molecule has 1 aliphatic rings. The summed E-state index contributed by atoms with van der Waals surface area (Å²) in [5.74, 6) is 1.01. The Bertz CT molecular complexity index is 582. The Morgan fingerprint density at radius 3 is 2.75 bits per heavy atom. The molecule has 1 aromatic carbocycles. The number of nitrogens with one attached hydrogen (secondary N) is 1. The van der Waals surface area contributed by atoms with Crippen molar-refractivity contribution in [1.82, 2.24) is 10.3 Å². The third-order valence-electron chi connectivity index (χ3n) is 3.53. The molecule has 4 heteroatoms. The zero-order valence-corrected chi connectivity index (χ0v) is 13.1. The number of anilines is 2. The van der Waals surface area contributed by atoms with Crippen LogP contribution in [0.15, 0.2) is 47.1 Å². The van der Waals surface area contributed by atoms with Crippen molar-refractivity contribution in [2.24, 2.45) is 0 Å². The maximum Gasteiger partial charge on any atom is 0.137 e. The Morgan fingerprint density at radius 1 is 1.30 bits per heavy atom. The lowest BCUT2D eigenvalue weighted by atomic mass is 10.2.